The van der Waals surface area contributed by atoms with Crippen LogP contribution in [0.4, 0.5) is 4.79 Å². The Balaban J connectivity index is 1.64. The van der Waals surface area contributed by atoms with Crippen molar-refractivity contribution in [1.29, 1.82) is 0 Å². The highest BCUT2D eigenvalue weighted by molar-refractivity contribution is 7.86. The number of sulfonamides is 1. The van der Waals surface area contributed by atoms with Gasteiger partial charge in [0.25, 0.3) is 0 Å². The van der Waals surface area contributed by atoms with E-state index >= 15 is 0 Å². The first-order valence-electron chi connectivity index (χ1n) is 14.7. The Hall–Kier alpha value is -4.31. The lowest BCUT2D eigenvalue weighted by molar-refractivity contribution is -0.766. The number of carbonyl (C=O) groups is 2. The first-order chi connectivity index (χ1) is 21.2. The van der Waals surface area contributed by atoms with Gasteiger partial charge in [-0.05, 0) is 60.7 Å². The standard InChI is InChI=1S/C35H36N2O6S/c1-25-18-20-27(21-19-25)44(41,42)37(23-26-11-3-2-4-12-26,33(34(38)39)17-9-10-22-36)35(40)43-24-32-30-15-7-5-13-28(30)29-14-6-8-16-31(29)32/h2-8,11-16,18-21,32-33H,9-10,17,22-24,36H2,1H3/p+1/t33-,37?/m0/s1. The number of carboxylic acids is 1. The molecular formula is C35H37N2O6S+. The van der Waals surface area contributed by atoms with E-state index in [1.54, 1.807) is 42.5 Å². The third-order valence-electron chi connectivity index (χ3n) is 8.37. The number of nitrogens with zero attached hydrogens (tertiary/aromatic N) is 1. The third-order valence-corrected chi connectivity index (χ3v) is 10.6. The molecule has 0 spiro atoms. The van der Waals surface area contributed by atoms with Gasteiger partial charge in [0.2, 0.25) is 6.04 Å². The molecule has 44 heavy (non-hydrogen) atoms. The second-order valence-electron chi connectivity index (χ2n) is 11.2. The molecule has 0 heterocycles. The Labute approximate surface area is 258 Å². The molecule has 1 amide bonds. The van der Waals surface area contributed by atoms with Crippen molar-refractivity contribution < 1.29 is 31.7 Å². The van der Waals surface area contributed by atoms with E-state index in [-0.39, 0.29) is 23.8 Å². The highest BCUT2D eigenvalue weighted by atomic mass is 32.2. The van der Waals surface area contributed by atoms with Crippen LogP contribution < -0.4 is 5.73 Å². The van der Waals surface area contributed by atoms with Gasteiger partial charge in [0.15, 0.2) is 0 Å². The zero-order chi connectivity index (χ0) is 31.3. The predicted octanol–water partition coefficient (Wildman–Crippen LogP) is 6.23. The Bertz CT molecular complexity index is 1700. The number of nitrogens with two attached hydrogens (primary N) is 1. The average Bonchev–Trinajstić information content (AvgIpc) is 3.35. The molecular weight excluding hydrogens is 576 g/mol. The number of aryl methyl sites for hydroxylation is 1. The van der Waals surface area contributed by atoms with Crippen LogP contribution in [0.3, 0.4) is 0 Å². The number of fused-ring (bicyclic) bond motifs is 3. The summed E-state index contributed by atoms with van der Waals surface area (Å²) < 4.78 is 34.1. The van der Waals surface area contributed by atoms with E-state index in [1.165, 1.54) is 12.1 Å². The largest absolute Gasteiger partial charge is 0.533 e. The van der Waals surface area contributed by atoms with Crippen molar-refractivity contribution >= 4 is 22.1 Å². The van der Waals surface area contributed by atoms with Gasteiger partial charge in [0.05, 0.1) is 0 Å². The first-order valence-corrected chi connectivity index (χ1v) is 16.2. The molecule has 0 fully saturated rings. The first kappa shape index (κ1) is 31.1. The number of carbonyl (C=O) groups excluding carboxylic acids is 1. The number of quaternary nitrogens is 1. The number of hydrogen-bond acceptors (Lipinski definition) is 6. The molecule has 3 N–H and O–H groups in total. The molecule has 9 heteroatoms. The van der Waals surface area contributed by atoms with Gasteiger partial charge in [0, 0.05) is 17.9 Å². The van der Waals surface area contributed by atoms with Gasteiger partial charge in [-0.15, -0.1) is 0 Å². The van der Waals surface area contributed by atoms with Gasteiger partial charge in [-0.3, -0.25) is 0 Å². The van der Waals surface area contributed by atoms with Crippen LogP contribution in [0.5, 0.6) is 0 Å². The number of benzene rings is 4. The van der Waals surface area contributed by atoms with Gasteiger partial charge < -0.3 is 15.6 Å². The monoisotopic (exact) mass is 613 g/mol. The third kappa shape index (κ3) is 5.78. The highest BCUT2D eigenvalue weighted by Gasteiger charge is 2.60. The summed E-state index contributed by atoms with van der Waals surface area (Å²) in [5, 5.41) is 10.6. The number of unbranched alkanes of at least 4 members (excludes halogenated alkanes) is 1. The molecule has 5 rings (SSSR count). The number of amides is 1. The van der Waals surface area contributed by atoms with E-state index in [2.05, 4.69) is 0 Å². The summed E-state index contributed by atoms with van der Waals surface area (Å²) >= 11 is 0. The van der Waals surface area contributed by atoms with Crippen molar-refractivity contribution in [3.63, 3.8) is 0 Å². The van der Waals surface area contributed by atoms with Crippen LogP contribution in [0.15, 0.2) is 108 Å². The Kier molecular flexibility index (Phi) is 9.29. The van der Waals surface area contributed by atoms with Gasteiger partial charge in [-0.25, -0.2) is 4.79 Å². The highest BCUT2D eigenvalue weighted by Crippen LogP contribution is 2.45. The molecule has 1 unspecified atom stereocenters. The van der Waals surface area contributed by atoms with Crippen molar-refractivity contribution in [2.24, 2.45) is 5.73 Å². The van der Waals surface area contributed by atoms with Crippen LogP contribution in [0, 0.1) is 6.92 Å². The van der Waals surface area contributed by atoms with Crippen LogP contribution in [-0.2, 0) is 26.1 Å². The van der Waals surface area contributed by atoms with Crippen molar-refractivity contribution in [3.8, 4) is 11.1 Å². The maximum Gasteiger partial charge on any atom is 0.533 e. The van der Waals surface area contributed by atoms with Crippen LogP contribution in [0.25, 0.3) is 11.1 Å². The molecule has 228 valence electrons. The number of aliphatic carboxylic acids is 1. The summed E-state index contributed by atoms with van der Waals surface area (Å²) in [5.74, 6) is -1.74. The molecule has 1 aliphatic rings. The fraction of sp³-hybridized carbons (Fsp3) is 0.257. The summed E-state index contributed by atoms with van der Waals surface area (Å²) in [6.07, 6.45) is -0.419. The molecule has 1 aliphatic carbocycles. The second-order valence-corrected chi connectivity index (χ2v) is 13.2. The quantitative estimate of drug-likeness (QED) is 0.143. The summed E-state index contributed by atoms with van der Waals surface area (Å²) in [4.78, 5) is 27.5. The fourth-order valence-electron chi connectivity index (χ4n) is 6.10. The predicted molar refractivity (Wildman–Crippen MR) is 168 cm³/mol. The molecule has 0 saturated carbocycles. The Morgan fingerprint density at radius 1 is 0.841 bits per heavy atom. The lowest BCUT2D eigenvalue weighted by atomic mass is 9.98. The maximum absolute atomic E-state index is 14.8. The number of carboxylic acid groups (broad SMARTS) is 1. The normalized spacial score (nSPS) is 14.7. The minimum absolute atomic E-state index is 0.0886. The number of rotatable bonds is 12. The van der Waals surface area contributed by atoms with Crippen molar-refractivity contribution in [1.82, 2.24) is 0 Å². The SMILES string of the molecule is Cc1ccc(S(=O)(=O)[N+](Cc2ccccc2)(C(=O)OCC2c3ccccc3-c3ccccc32)[C@@H](CCCCN)C(=O)O)cc1. The number of ether oxygens (including phenoxy) is 1. The zero-order valence-corrected chi connectivity index (χ0v) is 25.5. The van der Waals surface area contributed by atoms with Crippen molar-refractivity contribution in [2.45, 2.75) is 49.6 Å². The summed E-state index contributed by atoms with van der Waals surface area (Å²) in [6.45, 7) is 1.55. The van der Waals surface area contributed by atoms with Gasteiger partial charge in [-0.1, -0.05) is 100 Å². The van der Waals surface area contributed by atoms with E-state index in [0.29, 0.717) is 24.9 Å². The van der Waals surface area contributed by atoms with E-state index in [9.17, 15) is 23.1 Å². The molecule has 0 saturated heterocycles. The average molecular weight is 614 g/mol. The van der Waals surface area contributed by atoms with Gasteiger partial charge in [-0.2, -0.15) is 13.2 Å². The minimum atomic E-state index is -4.67. The molecule has 0 radical (unpaired) electrons. The van der Waals surface area contributed by atoms with Crippen LogP contribution in [0.1, 0.15) is 47.4 Å². The smallest absolute Gasteiger partial charge is 0.477 e. The Morgan fingerprint density at radius 3 is 1.98 bits per heavy atom. The van der Waals surface area contributed by atoms with Crippen LogP contribution in [0.2, 0.25) is 0 Å². The lowest BCUT2D eigenvalue weighted by Crippen LogP contribution is -2.64. The molecule has 0 aromatic heterocycles. The number of hydrogen-bond donors (Lipinski definition) is 2. The molecule has 4 aromatic carbocycles. The summed E-state index contributed by atoms with van der Waals surface area (Å²) in [6, 6.07) is 28.7. The molecule has 8 nitrogen and oxygen atoms in total. The van der Waals surface area contributed by atoms with Gasteiger partial charge >= 0.3 is 22.1 Å². The van der Waals surface area contributed by atoms with E-state index in [1.807, 2.05) is 55.5 Å². The van der Waals surface area contributed by atoms with Crippen molar-refractivity contribution in [2.75, 3.05) is 13.2 Å². The van der Waals surface area contributed by atoms with E-state index in [0.717, 1.165) is 27.8 Å². The van der Waals surface area contributed by atoms with E-state index in [4.69, 9.17) is 10.5 Å². The summed E-state index contributed by atoms with van der Waals surface area (Å²) in [7, 11) is -4.67. The Morgan fingerprint density at radius 2 is 1.41 bits per heavy atom. The molecule has 4 aromatic rings. The van der Waals surface area contributed by atoms with Crippen LogP contribution in [-0.4, -0.2) is 48.7 Å². The molecule has 0 bridgehead atoms. The fourth-order valence-corrected chi connectivity index (χ4v) is 8.06. The zero-order valence-electron chi connectivity index (χ0n) is 24.6. The van der Waals surface area contributed by atoms with E-state index < -0.39 is 38.6 Å². The second kappa shape index (κ2) is 13.1. The topological polar surface area (TPSA) is 124 Å². The summed E-state index contributed by atoms with van der Waals surface area (Å²) in [5.41, 5.74) is 11.0. The minimum Gasteiger partial charge on any atom is -0.477 e. The van der Waals surface area contributed by atoms with Crippen molar-refractivity contribution in [3.05, 3.63) is 125 Å². The molecule has 0 aliphatic heterocycles. The maximum atomic E-state index is 14.8. The molecule has 2 atom stereocenters. The van der Waals surface area contributed by atoms with Crippen LogP contribution >= 0.6 is 0 Å². The lowest BCUT2D eigenvalue weighted by Gasteiger charge is -2.37. The van der Waals surface area contributed by atoms with Gasteiger partial charge in [0.1, 0.15) is 18.0 Å².